The molecule has 0 spiro atoms. The lowest BCUT2D eigenvalue weighted by molar-refractivity contribution is -0.119. The van der Waals surface area contributed by atoms with Crippen LogP contribution in [-0.4, -0.2) is 34.2 Å². The highest BCUT2D eigenvalue weighted by Crippen LogP contribution is 2.20. The minimum atomic E-state index is -3.60. The second-order valence-electron chi connectivity index (χ2n) is 5.37. The molecule has 0 heterocycles. The summed E-state index contributed by atoms with van der Waals surface area (Å²) in [5.41, 5.74) is 1.26. The van der Waals surface area contributed by atoms with E-state index in [1.54, 1.807) is 43.5 Å². The van der Waals surface area contributed by atoms with Gasteiger partial charge in [0.05, 0.1) is 19.1 Å². The van der Waals surface area contributed by atoms with E-state index in [-0.39, 0.29) is 6.54 Å². The van der Waals surface area contributed by atoms with Crippen molar-refractivity contribution in [2.45, 2.75) is 6.54 Å². The van der Waals surface area contributed by atoms with E-state index in [1.165, 1.54) is 0 Å². The van der Waals surface area contributed by atoms with E-state index in [2.05, 4.69) is 5.32 Å². The van der Waals surface area contributed by atoms with Gasteiger partial charge < -0.3 is 10.1 Å². The van der Waals surface area contributed by atoms with Crippen molar-refractivity contribution in [3.8, 4) is 5.75 Å². The van der Waals surface area contributed by atoms with Crippen LogP contribution in [0.15, 0.2) is 48.5 Å². The van der Waals surface area contributed by atoms with Crippen LogP contribution < -0.4 is 14.4 Å². The van der Waals surface area contributed by atoms with Gasteiger partial charge in [-0.15, -0.1) is 0 Å². The average molecular weight is 383 g/mol. The summed E-state index contributed by atoms with van der Waals surface area (Å²) in [4.78, 5) is 12.2. The Morgan fingerprint density at radius 3 is 2.24 bits per heavy atom. The summed E-state index contributed by atoms with van der Waals surface area (Å²) in [5, 5.41) is 3.20. The topological polar surface area (TPSA) is 75.7 Å². The Kier molecular flexibility index (Phi) is 6.27. The summed E-state index contributed by atoms with van der Waals surface area (Å²) in [6.45, 7) is -0.0162. The van der Waals surface area contributed by atoms with Gasteiger partial charge in [-0.05, 0) is 42.0 Å². The summed E-state index contributed by atoms with van der Waals surface area (Å²) in [7, 11) is -2.03. The number of amides is 1. The van der Waals surface area contributed by atoms with Gasteiger partial charge in [-0.2, -0.15) is 0 Å². The smallest absolute Gasteiger partial charge is 0.241 e. The molecular weight excluding hydrogens is 364 g/mol. The molecule has 134 valence electrons. The summed E-state index contributed by atoms with van der Waals surface area (Å²) >= 11 is 5.82. The Morgan fingerprint density at radius 1 is 1.12 bits per heavy atom. The SMILES string of the molecule is COc1ccc(CNC(=O)CN(c2ccc(Cl)cc2)S(C)(=O)=O)cc1. The quantitative estimate of drug-likeness (QED) is 0.798. The molecule has 2 aromatic carbocycles. The molecule has 0 aliphatic carbocycles. The third-order valence-electron chi connectivity index (χ3n) is 3.45. The molecule has 2 rings (SSSR count). The highest BCUT2D eigenvalue weighted by atomic mass is 35.5. The van der Waals surface area contributed by atoms with Gasteiger partial charge in [-0.25, -0.2) is 8.42 Å². The zero-order chi connectivity index (χ0) is 18.4. The van der Waals surface area contributed by atoms with Gasteiger partial charge in [0.1, 0.15) is 12.3 Å². The number of halogens is 1. The van der Waals surface area contributed by atoms with Crippen molar-refractivity contribution in [3.63, 3.8) is 0 Å². The second kappa shape index (κ2) is 8.22. The number of sulfonamides is 1. The van der Waals surface area contributed by atoms with Gasteiger partial charge in [-0.3, -0.25) is 9.10 Å². The van der Waals surface area contributed by atoms with Crippen LogP contribution >= 0.6 is 11.6 Å². The fraction of sp³-hybridized carbons (Fsp3) is 0.235. The fourth-order valence-corrected chi connectivity index (χ4v) is 3.12. The van der Waals surface area contributed by atoms with E-state index >= 15 is 0 Å². The van der Waals surface area contributed by atoms with Gasteiger partial charge in [0, 0.05) is 11.6 Å². The van der Waals surface area contributed by atoms with Crippen molar-refractivity contribution >= 4 is 33.2 Å². The van der Waals surface area contributed by atoms with Crippen molar-refractivity contribution in [2.24, 2.45) is 0 Å². The van der Waals surface area contributed by atoms with Gasteiger partial charge in [0.2, 0.25) is 15.9 Å². The Bertz CT molecular complexity index is 821. The Morgan fingerprint density at radius 2 is 1.72 bits per heavy atom. The number of hydrogen-bond acceptors (Lipinski definition) is 4. The molecule has 6 nitrogen and oxygen atoms in total. The van der Waals surface area contributed by atoms with Gasteiger partial charge in [0.25, 0.3) is 0 Å². The van der Waals surface area contributed by atoms with E-state index in [0.717, 1.165) is 21.9 Å². The van der Waals surface area contributed by atoms with Crippen LogP contribution in [0.1, 0.15) is 5.56 Å². The van der Waals surface area contributed by atoms with Crippen molar-refractivity contribution in [2.75, 3.05) is 24.2 Å². The molecule has 0 aliphatic heterocycles. The van der Waals surface area contributed by atoms with Crippen LogP contribution in [-0.2, 0) is 21.4 Å². The summed E-state index contributed by atoms with van der Waals surface area (Å²) < 4.78 is 30.1. The largest absolute Gasteiger partial charge is 0.497 e. The minimum absolute atomic E-state index is 0.293. The number of methoxy groups -OCH3 is 1. The first-order valence-corrected chi connectivity index (χ1v) is 9.65. The summed E-state index contributed by atoms with van der Waals surface area (Å²) in [6, 6.07) is 13.5. The molecule has 8 heteroatoms. The molecule has 0 aromatic heterocycles. The van der Waals surface area contributed by atoms with Crippen LogP contribution in [0.2, 0.25) is 5.02 Å². The highest BCUT2D eigenvalue weighted by molar-refractivity contribution is 7.92. The normalized spacial score (nSPS) is 11.0. The van der Waals surface area contributed by atoms with Crippen molar-refractivity contribution in [1.82, 2.24) is 5.32 Å². The number of hydrogen-bond donors (Lipinski definition) is 1. The zero-order valence-electron chi connectivity index (χ0n) is 13.9. The third-order valence-corrected chi connectivity index (χ3v) is 4.84. The van der Waals surface area contributed by atoms with E-state index < -0.39 is 15.9 Å². The number of carbonyl (C=O) groups is 1. The van der Waals surface area contributed by atoms with E-state index in [0.29, 0.717) is 17.3 Å². The predicted molar refractivity (Wildman–Crippen MR) is 98.5 cm³/mol. The zero-order valence-corrected chi connectivity index (χ0v) is 15.5. The predicted octanol–water partition coefficient (Wildman–Crippen LogP) is 2.43. The van der Waals surface area contributed by atoms with Crippen LogP contribution in [0, 0.1) is 0 Å². The summed E-state index contributed by atoms with van der Waals surface area (Å²) in [6.07, 6.45) is 1.05. The molecule has 0 radical (unpaired) electrons. The van der Waals surface area contributed by atoms with E-state index in [1.807, 2.05) is 12.1 Å². The lowest BCUT2D eigenvalue weighted by Crippen LogP contribution is -2.40. The Hall–Kier alpha value is -2.25. The number of nitrogens with zero attached hydrogens (tertiary/aromatic N) is 1. The number of rotatable bonds is 7. The van der Waals surface area contributed by atoms with Crippen molar-refractivity contribution in [3.05, 3.63) is 59.1 Å². The highest BCUT2D eigenvalue weighted by Gasteiger charge is 2.20. The number of nitrogens with one attached hydrogen (secondary N) is 1. The lowest BCUT2D eigenvalue weighted by atomic mass is 10.2. The first-order valence-electron chi connectivity index (χ1n) is 7.42. The number of carbonyl (C=O) groups excluding carboxylic acids is 1. The van der Waals surface area contributed by atoms with Crippen LogP contribution in [0.3, 0.4) is 0 Å². The maximum absolute atomic E-state index is 12.2. The Labute approximate surface area is 152 Å². The molecule has 0 aliphatic rings. The molecule has 0 saturated heterocycles. The minimum Gasteiger partial charge on any atom is -0.497 e. The third kappa shape index (κ3) is 5.65. The van der Waals surface area contributed by atoms with Crippen LogP contribution in [0.5, 0.6) is 5.75 Å². The first kappa shape index (κ1) is 19.1. The molecule has 0 saturated carbocycles. The molecule has 0 bridgehead atoms. The first-order chi connectivity index (χ1) is 11.8. The van der Waals surface area contributed by atoms with Gasteiger partial charge in [0.15, 0.2) is 0 Å². The number of anilines is 1. The molecule has 1 N–H and O–H groups in total. The number of benzene rings is 2. The second-order valence-corrected chi connectivity index (χ2v) is 7.71. The summed E-state index contributed by atoms with van der Waals surface area (Å²) in [5.74, 6) is 0.317. The molecule has 25 heavy (non-hydrogen) atoms. The van der Waals surface area contributed by atoms with Crippen LogP contribution in [0.4, 0.5) is 5.69 Å². The molecule has 1 amide bonds. The van der Waals surface area contributed by atoms with Gasteiger partial charge >= 0.3 is 0 Å². The van der Waals surface area contributed by atoms with Crippen molar-refractivity contribution in [1.29, 1.82) is 0 Å². The average Bonchev–Trinajstić information content (AvgIpc) is 2.58. The number of ether oxygens (including phenoxy) is 1. The molecule has 0 unspecified atom stereocenters. The monoisotopic (exact) mass is 382 g/mol. The molecule has 0 fully saturated rings. The molecular formula is C17H19ClN2O4S. The molecule has 0 atom stereocenters. The lowest BCUT2D eigenvalue weighted by Gasteiger charge is -2.22. The Balaban J connectivity index is 2.03. The maximum Gasteiger partial charge on any atom is 0.241 e. The van der Waals surface area contributed by atoms with Gasteiger partial charge in [-0.1, -0.05) is 23.7 Å². The maximum atomic E-state index is 12.2. The standard InChI is InChI=1S/C17H19ClN2O4S/c1-24-16-9-3-13(4-10-16)11-19-17(21)12-20(25(2,22)23)15-7-5-14(18)6-8-15/h3-10H,11-12H2,1-2H3,(H,19,21). The molecule has 2 aromatic rings. The van der Waals surface area contributed by atoms with E-state index in [4.69, 9.17) is 16.3 Å². The van der Waals surface area contributed by atoms with Crippen molar-refractivity contribution < 1.29 is 17.9 Å². The van der Waals surface area contributed by atoms with E-state index in [9.17, 15) is 13.2 Å². The van der Waals surface area contributed by atoms with Crippen LogP contribution in [0.25, 0.3) is 0 Å². The fourth-order valence-electron chi connectivity index (χ4n) is 2.14.